The maximum atomic E-state index is 13.2. The van der Waals surface area contributed by atoms with E-state index in [0.717, 1.165) is 11.1 Å². The Morgan fingerprint density at radius 1 is 1.06 bits per heavy atom. The van der Waals surface area contributed by atoms with Gasteiger partial charge < -0.3 is 5.32 Å². The summed E-state index contributed by atoms with van der Waals surface area (Å²) in [4.78, 5) is 12.3. The molecule has 3 aromatic carbocycles. The first kappa shape index (κ1) is 22.0. The Morgan fingerprint density at radius 2 is 1.77 bits per heavy atom. The minimum Gasteiger partial charge on any atom is -0.325 e. The molecular weight excluding hydrogens is 417 g/mol. The van der Waals surface area contributed by atoms with Crippen LogP contribution < -0.4 is 10.0 Å². The van der Waals surface area contributed by atoms with Crippen molar-refractivity contribution in [3.63, 3.8) is 0 Å². The lowest BCUT2D eigenvalue weighted by atomic mass is 10.1. The summed E-state index contributed by atoms with van der Waals surface area (Å²) in [5, 5.41) is 11.6. The molecule has 1 amide bonds. The summed E-state index contributed by atoms with van der Waals surface area (Å²) in [6.07, 6.45) is 0.102. The summed E-state index contributed by atoms with van der Waals surface area (Å²) in [6, 6.07) is 19.3. The third kappa shape index (κ3) is 5.47. The molecule has 0 saturated heterocycles. The van der Waals surface area contributed by atoms with Crippen LogP contribution in [-0.2, 0) is 27.9 Å². The van der Waals surface area contributed by atoms with Crippen molar-refractivity contribution in [3.05, 3.63) is 89.0 Å². The zero-order valence-corrected chi connectivity index (χ0v) is 17.5. The molecule has 8 heteroatoms. The van der Waals surface area contributed by atoms with Gasteiger partial charge in [0.1, 0.15) is 6.67 Å². The molecule has 31 heavy (non-hydrogen) atoms. The number of alkyl halides is 1. The Bertz CT molecular complexity index is 1250. The van der Waals surface area contributed by atoms with E-state index in [1.54, 1.807) is 49.4 Å². The van der Waals surface area contributed by atoms with Gasteiger partial charge in [0.15, 0.2) is 0 Å². The lowest BCUT2D eigenvalue weighted by molar-refractivity contribution is -0.115. The third-order valence-corrected chi connectivity index (χ3v) is 6.10. The Labute approximate surface area is 180 Å². The van der Waals surface area contributed by atoms with Crippen molar-refractivity contribution in [3.8, 4) is 6.07 Å². The molecule has 0 unspecified atom stereocenters. The first-order valence-electron chi connectivity index (χ1n) is 9.38. The van der Waals surface area contributed by atoms with Gasteiger partial charge in [0.25, 0.3) is 10.0 Å². The highest BCUT2D eigenvalue weighted by atomic mass is 32.2. The van der Waals surface area contributed by atoms with Gasteiger partial charge in [-0.05, 0) is 48.4 Å². The van der Waals surface area contributed by atoms with E-state index in [-0.39, 0.29) is 28.5 Å². The second kappa shape index (κ2) is 9.41. The van der Waals surface area contributed by atoms with Crippen molar-refractivity contribution in [2.24, 2.45) is 0 Å². The van der Waals surface area contributed by atoms with Crippen LogP contribution in [0.25, 0.3) is 0 Å². The van der Waals surface area contributed by atoms with Crippen LogP contribution >= 0.6 is 0 Å². The van der Waals surface area contributed by atoms with E-state index in [1.165, 1.54) is 24.3 Å². The number of carbonyl (C=O) groups is 1. The molecule has 0 radical (unpaired) electrons. The largest absolute Gasteiger partial charge is 0.325 e. The molecule has 2 N–H and O–H groups in total. The molecular formula is C23H20FN3O3S. The smallest absolute Gasteiger partial charge is 0.262 e. The Hall–Kier alpha value is -3.70. The molecule has 3 aromatic rings. The number of sulfonamides is 1. The van der Waals surface area contributed by atoms with Gasteiger partial charge in [-0.1, -0.05) is 36.4 Å². The lowest BCUT2D eigenvalue weighted by Crippen LogP contribution is -2.17. The van der Waals surface area contributed by atoms with Crippen LogP contribution in [0, 0.1) is 18.3 Å². The fourth-order valence-electron chi connectivity index (χ4n) is 2.98. The molecule has 0 bridgehead atoms. The number of nitrogens with zero attached hydrogens (tertiary/aromatic N) is 1. The minimum absolute atomic E-state index is 0.0676. The van der Waals surface area contributed by atoms with Crippen LogP contribution in [0.2, 0.25) is 0 Å². The highest BCUT2D eigenvalue weighted by Gasteiger charge is 2.19. The van der Waals surface area contributed by atoms with E-state index in [4.69, 9.17) is 5.26 Å². The van der Waals surface area contributed by atoms with E-state index >= 15 is 0 Å². The van der Waals surface area contributed by atoms with Crippen LogP contribution in [-0.4, -0.2) is 14.3 Å². The standard InChI is InChI=1S/C23H20FN3O3S/c1-16-6-11-20(27-31(29,30)22-5-3-2-4-19(22)14-24)13-21(16)26-23(28)12-17-7-9-18(15-25)10-8-17/h2-11,13,27H,12,14H2,1H3,(H,26,28). The number of carbonyl (C=O) groups excluding carboxylic acids is 1. The molecule has 0 heterocycles. The maximum Gasteiger partial charge on any atom is 0.262 e. The van der Waals surface area contributed by atoms with Gasteiger partial charge in [-0.3, -0.25) is 9.52 Å². The van der Waals surface area contributed by atoms with Gasteiger partial charge in [-0.25, -0.2) is 12.8 Å². The van der Waals surface area contributed by atoms with Crippen molar-refractivity contribution in [1.82, 2.24) is 0 Å². The highest BCUT2D eigenvalue weighted by Crippen LogP contribution is 2.25. The predicted octanol–water partition coefficient (Wildman–Crippen LogP) is 4.32. The number of aryl methyl sites for hydroxylation is 1. The molecule has 0 fully saturated rings. The fourth-order valence-corrected chi connectivity index (χ4v) is 4.26. The van der Waals surface area contributed by atoms with E-state index in [0.29, 0.717) is 11.3 Å². The predicted molar refractivity (Wildman–Crippen MR) is 117 cm³/mol. The molecule has 158 valence electrons. The Balaban J connectivity index is 1.76. The average molecular weight is 437 g/mol. The molecule has 0 atom stereocenters. The number of nitriles is 1. The first-order chi connectivity index (χ1) is 14.8. The summed E-state index contributed by atoms with van der Waals surface area (Å²) in [6.45, 7) is 0.885. The zero-order chi connectivity index (χ0) is 22.4. The fraction of sp³-hybridized carbons (Fsp3) is 0.130. The Morgan fingerprint density at radius 3 is 2.45 bits per heavy atom. The zero-order valence-electron chi connectivity index (χ0n) is 16.7. The topological polar surface area (TPSA) is 99.1 Å². The number of amides is 1. The third-order valence-electron chi connectivity index (χ3n) is 4.62. The van der Waals surface area contributed by atoms with Gasteiger partial charge in [0.2, 0.25) is 5.91 Å². The van der Waals surface area contributed by atoms with Crippen LogP contribution in [0.4, 0.5) is 15.8 Å². The number of hydrogen-bond donors (Lipinski definition) is 2. The van der Waals surface area contributed by atoms with Crippen molar-refractivity contribution < 1.29 is 17.6 Å². The van der Waals surface area contributed by atoms with Crippen molar-refractivity contribution >= 4 is 27.3 Å². The molecule has 0 aromatic heterocycles. The van der Waals surface area contributed by atoms with E-state index in [9.17, 15) is 17.6 Å². The monoisotopic (exact) mass is 437 g/mol. The Kier molecular flexibility index (Phi) is 6.68. The van der Waals surface area contributed by atoms with Crippen molar-refractivity contribution in [2.45, 2.75) is 24.9 Å². The second-order valence-corrected chi connectivity index (χ2v) is 8.56. The van der Waals surface area contributed by atoms with Crippen LogP contribution in [0.1, 0.15) is 22.3 Å². The summed E-state index contributed by atoms with van der Waals surface area (Å²) in [5.41, 5.74) is 2.77. The molecule has 0 spiro atoms. The summed E-state index contributed by atoms with van der Waals surface area (Å²) in [7, 11) is -4.00. The minimum atomic E-state index is -4.00. The van der Waals surface area contributed by atoms with Gasteiger partial charge >= 0.3 is 0 Å². The number of halogens is 1. The number of benzene rings is 3. The molecule has 0 saturated carbocycles. The molecule has 3 rings (SSSR count). The maximum absolute atomic E-state index is 13.2. The van der Waals surface area contributed by atoms with Crippen LogP contribution in [0.3, 0.4) is 0 Å². The second-order valence-electron chi connectivity index (χ2n) is 6.91. The van der Waals surface area contributed by atoms with Crippen LogP contribution in [0.5, 0.6) is 0 Å². The van der Waals surface area contributed by atoms with Gasteiger partial charge in [0.05, 0.1) is 28.6 Å². The van der Waals surface area contributed by atoms with E-state index in [1.807, 2.05) is 6.07 Å². The van der Waals surface area contributed by atoms with E-state index in [2.05, 4.69) is 10.0 Å². The summed E-state index contributed by atoms with van der Waals surface area (Å²) >= 11 is 0. The van der Waals surface area contributed by atoms with Gasteiger partial charge in [-0.2, -0.15) is 5.26 Å². The number of rotatable bonds is 7. The number of anilines is 2. The van der Waals surface area contributed by atoms with Crippen LogP contribution in [0.15, 0.2) is 71.6 Å². The normalized spacial score (nSPS) is 10.9. The summed E-state index contributed by atoms with van der Waals surface area (Å²) in [5.74, 6) is -0.282. The van der Waals surface area contributed by atoms with Gasteiger partial charge in [-0.15, -0.1) is 0 Å². The molecule has 0 aliphatic carbocycles. The van der Waals surface area contributed by atoms with Crippen molar-refractivity contribution in [2.75, 3.05) is 10.0 Å². The first-order valence-corrected chi connectivity index (χ1v) is 10.9. The average Bonchev–Trinajstić information content (AvgIpc) is 2.76. The number of hydrogen-bond acceptors (Lipinski definition) is 4. The quantitative estimate of drug-likeness (QED) is 0.575. The SMILES string of the molecule is Cc1ccc(NS(=O)(=O)c2ccccc2CF)cc1NC(=O)Cc1ccc(C#N)cc1. The lowest BCUT2D eigenvalue weighted by Gasteiger charge is -2.14. The van der Waals surface area contributed by atoms with E-state index < -0.39 is 16.7 Å². The highest BCUT2D eigenvalue weighted by molar-refractivity contribution is 7.92. The summed E-state index contributed by atoms with van der Waals surface area (Å²) < 4.78 is 41.0. The molecule has 0 aliphatic heterocycles. The van der Waals surface area contributed by atoms with Gasteiger partial charge in [0, 0.05) is 11.3 Å². The molecule has 6 nitrogen and oxygen atoms in total. The van der Waals surface area contributed by atoms with Crippen molar-refractivity contribution in [1.29, 1.82) is 5.26 Å². The number of nitrogens with one attached hydrogen (secondary N) is 2. The molecule has 0 aliphatic rings.